The lowest BCUT2D eigenvalue weighted by molar-refractivity contribution is -0.138. The molecule has 2 amide bonds. The molecule has 4 heterocycles. The second-order valence-electron chi connectivity index (χ2n) is 11.2. The van der Waals surface area contributed by atoms with Crippen LogP contribution in [0.25, 0.3) is 0 Å². The van der Waals surface area contributed by atoms with Gasteiger partial charge in [-0.3, -0.25) is 14.6 Å². The van der Waals surface area contributed by atoms with Crippen molar-refractivity contribution in [2.75, 3.05) is 46.4 Å². The number of dihydropyridines is 1. The van der Waals surface area contributed by atoms with Gasteiger partial charge in [-0.05, 0) is 56.8 Å². The van der Waals surface area contributed by atoms with E-state index in [1.165, 1.54) is 11.0 Å². The number of piperazine rings is 1. The number of carbonyl (C=O) groups is 2. The maximum atomic E-state index is 13.8. The number of likely N-dealkylation sites (tertiary alicyclic amines) is 1. The fraction of sp³-hybridized carbons (Fsp3) is 0.452. The van der Waals surface area contributed by atoms with Gasteiger partial charge in [-0.2, -0.15) is 13.2 Å². The van der Waals surface area contributed by atoms with E-state index >= 15 is 0 Å². The molecule has 0 aliphatic carbocycles. The van der Waals surface area contributed by atoms with Crippen LogP contribution in [0.3, 0.4) is 0 Å². The van der Waals surface area contributed by atoms with Crippen LogP contribution in [-0.2, 0) is 21.4 Å². The van der Waals surface area contributed by atoms with Crippen LogP contribution < -0.4 is 10.6 Å². The average Bonchev–Trinajstić information content (AvgIpc) is 2.99. The molecule has 2 saturated heterocycles. The summed E-state index contributed by atoms with van der Waals surface area (Å²) < 4.78 is 47.6. The minimum Gasteiger partial charge on any atom is -0.363 e. The standard InChI is InChI=1S/C31H36ClF3N6O3/c1-4-23-19-40(29(43)24-9-8-21(32)15-25(24)31(33,34)35)13-14-41(23)26-10-11-30(44-5-2,20-7-6-12-36-16-20)38-27(26)28(42)37-22-17-39(3)18-22/h6-12,15-16,22-23,38H,4-5,13-14,17-19H2,1-3H3,(H,37,42)/t23-,30?/m1/s1. The maximum Gasteiger partial charge on any atom is 0.417 e. The summed E-state index contributed by atoms with van der Waals surface area (Å²) >= 11 is 5.84. The first-order valence-corrected chi connectivity index (χ1v) is 15.0. The number of aromatic nitrogens is 1. The topological polar surface area (TPSA) is 90.0 Å². The van der Waals surface area contributed by atoms with E-state index < -0.39 is 28.9 Å². The van der Waals surface area contributed by atoms with Crippen molar-refractivity contribution in [2.45, 2.75) is 44.3 Å². The van der Waals surface area contributed by atoms with E-state index in [1.807, 2.05) is 44.0 Å². The third kappa shape index (κ3) is 6.43. The van der Waals surface area contributed by atoms with E-state index in [0.717, 1.165) is 30.8 Å². The Kier molecular flexibility index (Phi) is 9.24. The SMILES string of the molecule is CCOC1(c2cccnc2)C=CC(N2CCN(C(=O)c3ccc(Cl)cc3C(F)(F)F)C[C@H]2CC)=C(C(=O)NC2CN(C)C2)N1. The highest BCUT2D eigenvalue weighted by molar-refractivity contribution is 6.30. The largest absolute Gasteiger partial charge is 0.417 e. The normalized spacial score (nSPS) is 22.9. The monoisotopic (exact) mass is 632 g/mol. The number of benzene rings is 1. The molecule has 13 heteroatoms. The molecule has 3 aliphatic heterocycles. The highest BCUT2D eigenvalue weighted by Gasteiger charge is 2.42. The summed E-state index contributed by atoms with van der Waals surface area (Å²) in [5, 5.41) is 6.39. The van der Waals surface area contributed by atoms with Crippen LogP contribution in [0.4, 0.5) is 13.2 Å². The lowest BCUT2D eigenvalue weighted by atomic mass is 9.96. The quantitative estimate of drug-likeness (QED) is 0.455. The van der Waals surface area contributed by atoms with Gasteiger partial charge in [0.15, 0.2) is 5.72 Å². The lowest BCUT2D eigenvalue weighted by Crippen LogP contribution is -2.60. The van der Waals surface area contributed by atoms with E-state index in [-0.39, 0.29) is 36.1 Å². The van der Waals surface area contributed by atoms with Crippen LogP contribution in [0.1, 0.15) is 41.8 Å². The molecule has 1 aromatic heterocycles. The van der Waals surface area contributed by atoms with Crippen molar-refractivity contribution in [3.63, 3.8) is 0 Å². The number of halogens is 4. The summed E-state index contributed by atoms with van der Waals surface area (Å²) in [6.07, 6.45) is 2.89. The molecule has 2 N–H and O–H groups in total. The Labute approximate surface area is 259 Å². The minimum absolute atomic E-state index is 0.00696. The van der Waals surface area contributed by atoms with Crippen molar-refractivity contribution in [3.05, 3.63) is 88.0 Å². The Morgan fingerprint density at radius 3 is 2.59 bits per heavy atom. The highest BCUT2D eigenvalue weighted by atomic mass is 35.5. The van der Waals surface area contributed by atoms with Crippen molar-refractivity contribution in [1.82, 2.24) is 30.3 Å². The van der Waals surface area contributed by atoms with E-state index in [0.29, 0.717) is 31.0 Å². The maximum absolute atomic E-state index is 13.8. The molecule has 2 fully saturated rings. The third-order valence-electron chi connectivity index (χ3n) is 8.20. The molecule has 0 bridgehead atoms. The van der Waals surface area contributed by atoms with E-state index in [1.54, 1.807) is 18.5 Å². The van der Waals surface area contributed by atoms with Gasteiger partial charge >= 0.3 is 6.18 Å². The van der Waals surface area contributed by atoms with Gasteiger partial charge in [0.1, 0.15) is 5.70 Å². The molecule has 2 atom stereocenters. The number of allylic oxidation sites excluding steroid dienone is 1. The Morgan fingerprint density at radius 2 is 1.95 bits per heavy atom. The highest BCUT2D eigenvalue weighted by Crippen LogP contribution is 2.36. The van der Waals surface area contributed by atoms with Crippen LogP contribution in [0.5, 0.6) is 0 Å². The molecule has 0 saturated carbocycles. The van der Waals surface area contributed by atoms with Gasteiger partial charge in [-0.1, -0.05) is 24.6 Å². The number of likely N-dealkylation sites (N-methyl/N-ethyl adjacent to an activating group) is 1. The molecule has 2 aromatic rings. The predicted octanol–water partition coefficient (Wildman–Crippen LogP) is 3.98. The lowest BCUT2D eigenvalue weighted by Gasteiger charge is -2.46. The summed E-state index contributed by atoms with van der Waals surface area (Å²) in [4.78, 5) is 37.1. The van der Waals surface area contributed by atoms with Crippen LogP contribution in [0, 0.1) is 0 Å². The van der Waals surface area contributed by atoms with Crippen LogP contribution in [-0.4, -0.2) is 90.0 Å². The smallest absolute Gasteiger partial charge is 0.363 e. The van der Waals surface area contributed by atoms with Crippen LogP contribution in [0.2, 0.25) is 5.02 Å². The molecular weight excluding hydrogens is 597 g/mol. The zero-order valence-electron chi connectivity index (χ0n) is 24.8. The second kappa shape index (κ2) is 12.8. The molecule has 0 radical (unpaired) electrons. The van der Waals surface area contributed by atoms with Gasteiger partial charge in [0.25, 0.3) is 11.8 Å². The van der Waals surface area contributed by atoms with E-state index in [2.05, 4.69) is 20.5 Å². The van der Waals surface area contributed by atoms with Gasteiger partial charge in [0.2, 0.25) is 0 Å². The summed E-state index contributed by atoms with van der Waals surface area (Å²) in [7, 11) is 1.98. The molecule has 1 unspecified atom stereocenters. The first-order chi connectivity index (χ1) is 21.0. The molecule has 3 aliphatic rings. The van der Waals surface area contributed by atoms with Gasteiger partial charge in [0, 0.05) is 68.4 Å². The zero-order valence-corrected chi connectivity index (χ0v) is 25.6. The predicted molar refractivity (Wildman–Crippen MR) is 159 cm³/mol. The number of hydrogen-bond donors (Lipinski definition) is 2. The number of alkyl halides is 3. The Bertz CT molecular complexity index is 1450. The molecule has 5 rings (SSSR count). The number of amides is 2. The summed E-state index contributed by atoms with van der Waals surface area (Å²) in [6, 6.07) is 6.58. The molecule has 1 aromatic carbocycles. The first kappa shape index (κ1) is 31.8. The first-order valence-electron chi connectivity index (χ1n) is 14.6. The number of rotatable bonds is 8. The fourth-order valence-corrected chi connectivity index (χ4v) is 6.16. The molecule has 44 heavy (non-hydrogen) atoms. The number of nitrogens with zero attached hydrogens (tertiary/aromatic N) is 4. The third-order valence-corrected chi connectivity index (χ3v) is 8.43. The number of nitrogens with one attached hydrogen (secondary N) is 2. The minimum atomic E-state index is -4.73. The summed E-state index contributed by atoms with van der Waals surface area (Å²) in [6.45, 7) is 6.26. The molecule has 9 nitrogen and oxygen atoms in total. The van der Waals surface area contributed by atoms with Crippen molar-refractivity contribution in [3.8, 4) is 0 Å². The van der Waals surface area contributed by atoms with Gasteiger partial charge in [-0.15, -0.1) is 0 Å². The Morgan fingerprint density at radius 1 is 1.18 bits per heavy atom. The average molecular weight is 633 g/mol. The zero-order chi connectivity index (χ0) is 31.6. The Balaban J connectivity index is 1.45. The van der Waals surface area contributed by atoms with E-state index in [9.17, 15) is 22.8 Å². The van der Waals surface area contributed by atoms with Crippen LogP contribution in [0.15, 0.2) is 66.3 Å². The van der Waals surface area contributed by atoms with Crippen molar-refractivity contribution in [1.29, 1.82) is 0 Å². The van der Waals surface area contributed by atoms with Crippen molar-refractivity contribution < 1.29 is 27.5 Å². The van der Waals surface area contributed by atoms with Gasteiger partial charge in [0.05, 0.1) is 22.9 Å². The van der Waals surface area contributed by atoms with Crippen molar-refractivity contribution >= 4 is 23.4 Å². The molecule has 0 spiro atoms. The number of hydrogen-bond acceptors (Lipinski definition) is 7. The Hall–Kier alpha value is -3.61. The van der Waals surface area contributed by atoms with Crippen molar-refractivity contribution in [2.24, 2.45) is 0 Å². The van der Waals surface area contributed by atoms with Gasteiger partial charge < -0.3 is 30.1 Å². The summed E-state index contributed by atoms with van der Waals surface area (Å²) in [5.74, 6) is -1.00. The van der Waals surface area contributed by atoms with Gasteiger partial charge in [-0.25, -0.2) is 0 Å². The molecular formula is C31H36ClF3N6O3. The summed E-state index contributed by atoms with van der Waals surface area (Å²) in [5.41, 5.74) is -0.984. The number of ether oxygens (including phenoxy) is 1. The number of pyridine rings is 1. The van der Waals surface area contributed by atoms with E-state index in [4.69, 9.17) is 16.3 Å². The number of carbonyl (C=O) groups excluding carboxylic acids is 2. The second-order valence-corrected chi connectivity index (χ2v) is 11.7. The molecule has 236 valence electrons. The van der Waals surface area contributed by atoms with Crippen LogP contribution >= 0.6 is 11.6 Å². The fourth-order valence-electron chi connectivity index (χ4n) is 5.99.